The van der Waals surface area contributed by atoms with Crippen LogP contribution in [0.2, 0.25) is 0 Å². The molecule has 0 aromatic heterocycles. The van der Waals surface area contributed by atoms with Gasteiger partial charge in [0, 0.05) is 22.3 Å². The topological polar surface area (TPSA) is 79.5 Å². The van der Waals surface area contributed by atoms with E-state index in [2.05, 4.69) is 31.9 Å². The first kappa shape index (κ1) is 20.9. The van der Waals surface area contributed by atoms with Crippen LogP contribution in [0.4, 0.5) is 11.4 Å². The third kappa shape index (κ3) is 6.33. The molecular weight excluding hydrogens is 430 g/mol. The lowest BCUT2D eigenvalue weighted by molar-refractivity contribution is -0.116. The number of ether oxygens (including phenoxy) is 1. The summed E-state index contributed by atoms with van der Waals surface area (Å²) in [7, 11) is 1.49. The number of halogens is 1. The van der Waals surface area contributed by atoms with E-state index in [1.165, 1.54) is 7.11 Å². The van der Waals surface area contributed by atoms with Gasteiger partial charge in [-0.25, -0.2) is 0 Å². The van der Waals surface area contributed by atoms with Crippen LogP contribution in [0.15, 0.2) is 46.9 Å². The Morgan fingerprint density at radius 3 is 2.48 bits per heavy atom. The number of rotatable bonds is 6. The van der Waals surface area contributed by atoms with Gasteiger partial charge in [0.05, 0.1) is 12.7 Å². The van der Waals surface area contributed by atoms with Crippen molar-refractivity contribution < 1.29 is 14.3 Å². The predicted molar refractivity (Wildman–Crippen MR) is 114 cm³/mol. The normalized spacial score (nSPS) is 10.0. The highest BCUT2D eigenvalue weighted by molar-refractivity contribution is 9.10. The van der Waals surface area contributed by atoms with E-state index in [-0.39, 0.29) is 11.0 Å². The summed E-state index contributed by atoms with van der Waals surface area (Å²) in [4.78, 5) is 24.2. The SMILES string of the molecule is CCCC(=O)Nc1cccc(NC(=S)NC(=O)c2cc(Br)ccc2OC)c1. The minimum absolute atomic E-state index is 0.0488. The first-order valence-corrected chi connectivity index (χ1v) is 9.49. The Labute approximate surface area is 171 Å². The number of carbonyl (C=O) groups is 2. The van der Waals surface area contributed by atoms with Crippen molar-refractivity contribution >= 4 is 56.4 Å². The highest BCUT2D eigenvalue weighted by atomic mass is 79.9. The number of thiocarbonyl (C=S) groups is 1. The summed E-state index contributed by atoms with van der Waals surface area (Å²) in [5.41, 5.74) is 1.66. The zero-order valence-corrected chi connectivity index (χ0v) is 17.4. The summed E-state index contributed by atoms with van der Waals surface area (Å²) in [5, 5.41) is 8.51. The van der Waals surface area contributed by atoms with Crippen LogP contribution in [0.1, 0.15) is 30.1 Å². The van der Waals surface area contributed by atoms with Crippen molar-refractivity contribution in [3.8, 4) is 5.75 Å². The van der Waals surface area contributed by atoms with Crippen LogP contribution in [0, 0.1) is 0 Å². The van der Waals surface area contributed by atoms with Gasteiger partial charge in [0.2, 0.25) is 5.91 Å². The molecule has 0 bridgehead atoms. The minimum Gasteiger partial charge on any atom is -0.496 e. The summed E-state index contributed by atoms with van der Waals surface area (Å²) in [6, 6.07) is 12.2. The van der Waals surface area contributed by atoms with Crippen LogP contribution >= 0.6 is 28.1 Å². The Kier molecular flexibility index (Phi) is 7.75. The molecule has 0 spiro atoms. The van der Waals surface area contributed by atoms with Crippen LogP contribution in [-0.2, 0) is 4.79 Å². The van der Waals surface area contributed by atoms with Gasteiger partial charge in [-0.05, 0) is 55.0 Å². The lowest BCUT2D eigenvalue weighted by atomic mass is 10.2. The maximum Gasteiger partial charge on any atom is 0.261 e. The molecule has 2 amide bonds. The molecule has 2 aromatic carbocycles. The van der Waals surface area contributed by atoms with Crippen LogP contribution in [-0.4, -0.2) is 24.0 Å². The standard InChI is InChI=1S/C19H20BrN3O3S/c1-3-5-17(24)21-13-6-4-7-14(11-13)22-19(27)23-18(25)15-10-12(20)8-9-16(15)26-2/h4,6-11H,3,5H2,1-2H3,(H,21,24)(H2,22,23,25,27). The molecule has 27 heavy (non-hydrogen) atoms. The van der Waals surface area contributed by atoms with Crippen molar-refractivity contribution in [1.82, 2.24) is 5.32 Å². The van der Waals surface area contributed by atoms with Gasteiger partial charge in [0.1, 0.15) is 5.75 Å². The Morgan fingerprint density at radius 2 is 1.81 bits per heavy atom. The summed E-state index contributed by atoms with van der Waals surface area (Å²) in [6.45, 7) is 1.94. The highest BCUT2D eigenvalue weighted by Crippen LogP contribution is 2.23. The number of nitrogens with one attached hydrogen (secondary N) is 3. The molecule has 0 heterocycles. The molecule has 3 N–H and O–H groups in total. The maximum absolute atomic E-state index is 12.5. The van der Waals surface area contributed by atoms with Crippen LogP contribution in [0.25, 0.3) is 0 Å². The average molecular weight is 450 g/mol. The van der Waals surface area contributed by atoms with Crippen molar-refractivity contribution in [1.29, 1.82) is 0 Å². The monoisotopic (exact) mass is 449 g/mol. The Balaban J connectivity index is 2.02. The van der Waals surface area contributed by atoms with Crippen molar-refractivity contribution in [3.05, 3.63) is 52.5 Å². The molecule has 0 radical (unpaired) electrons. The molecule has 0 aliphatic heterocycles. The highest BCUT2D eigenvalue weighted by Gasteiger charge is 2.14. The quantitative estimate of drug-likeness (QED) is 0.572. The largest absolute Gasteiger partial charge is 0.496 e. The second-order valence-corrected chi connectivity index (χ2v) is 6.96. The van der Waals surface area contributed by atoms with E-state index in [4.69, 9.17) is 17.0 Å². The van der Waals surface area contributed by atoms with Crippen molar-refractivity contribution in [2.45, 2.75) is 19.8 Å². The van der Waals surface area contributed by atoms with E-state index in [9.17, 15) is 9.59 Å². The Morgan fingerprint density at radius 1 is 1.11 bits per heavy atom. The van der Waals surface area contributed by atoms with Crippen LogP contribution < -0.4 is 20.7 Å². The molecule has 0 atom stereocenters. The Bertz CT molecular complexity index is 858. The van der Waals surface area contributed by atoms with Gasteiger partial charge in [-0.2, -0.15) is 0 Å². The smallest absolute Gasteiger partial charge is 0.261 e. The number of amides is 2. The first-order chi connectivity index (χ1) is 12.9. The number of anilines is 2. The third-order valence-corrected chi connectivity index (χ3v) is 4.21. The van der Waals surface area contributed by atoms with E-state index in [1.807, 2.05) is 6.92 Å². The molecular formula is C19H20BrN3O3S. The van der Waals surface area contributed by atoms with Crippen LogP contribution in [0.3, 0.4) is 0 Å². The number of carbonyl (C=O) groups excluding carboxylic acids is 2. The molecule has 0 aliphatic carbocycles. The molecule has 0 saturated heterocycles. The lowest BCUT2D eigenvalue weighted by Crippen LogP contribution is -2.34. The molecule has 0 unspecified atom stereocenters. The Hall–Kier alpha value is -2.45. The van der Waals surface area contributed by atoms with Gasteiger partial charge in [0.15, 0.2) is 5.11 Å². The molecule has 2 rings (SSSR count). The summed E-state index contributed by atoms with van der Waals surface area (Å²) in [6.07, 6.45) is 1.24. The number of hydrogen-bond donors (Lipinski definition) is 3. The lowest BCUT2D eigenvalue weighted by Gasteiger charge is -2.13. The zero-order valence-electron chi connectivity index (χ0n) is 15.0. The van der Waals surface area contributed by atoms with E-state index >= 15 is 0 Å². The fourth-order valence-electron chi connectivity index (χ4n) is 2.32. The molecule has 8 heteroatoms. The number of hydrogen-bond acceptors (Lipinski definition) is 4. The van der Waals surface area contributed by atoms with Gasteiger partial charge >= 0.3 is 0 Å². The molecule has 2 aromatic rings. The fourth-order valence-corrected chi connectivity index (χ4v) is 2.89. The van der Waals surface area contributed by atoms with E-state index in [1.54, 1.807) is 42.5 Å². The van der Waals surface area contributed by atoms with E-state index in [0.29, 0.717) is 29.1 Å². The van der Waals surface area contributed by atoms with Gasteiger partial charge in [-0.15, -0.1) is 0 Å². The third-order valence-electron chi connectivity index (χ3n) is 3.51. The van der Waals surface area contributed by atoms with Crippen LogP contribution in [0.5, 0.6) is 5.75 Å². The van der Waals surface area contributed by atoms with Gasteiger partial charge < -0.3 is 15.4 Å². The second-order valence-electron chi connectivity index (χ2n) is 5.63. The molecule has 0 aliphatic rings. The molecule has 6 nitrogen and oxygen atoms in total. The van der Waals surface area contributed by atoms with E-state index in [0.717, 1.165) is 10.9 Å². The number of benzene rings is 2. The van der Waals surface area contributed by atoms with Crippen molar-refractivity contribution in [2.24, 2.45) is 0 Å². The molecule has 0 saturated carbocycles. The minimum atomic E-state index is -0.391. The molecule has 0 fully saturated rings. The van der Waals surface area contributed by atoms with Gasteiger partial charge in [-0.1, -0.05) is 28.9 Å². The second kappa shape index (κ2) is 10.0. The van der Waals surface area contributed by atoms with Crippen molar-refractivity contribution in [2.75, 3.05) is 17.7 Å². The first-order valence-electron chi connectivity index (χ1n) is 8.28. The predicted octanol–water partition coefficient (Wildman–Crippen LogP) is 4.32. The summed E-state index contributed by atoms with van der Waals surface area (Å²) < 4.78 is 5.96. The zero-order chi connectivity index (χ0) is 19.8. The van der Waals surface area contributed by atoms with E-state index < -0.39 is 5.91 Å². The van der Waals surface area contributed by atoms with Gasteiger partial charge in [-0.3, -0.25) is 14.9 Å². The average Bonchev–Trinajstić information content (AvgIpc) is 2.62. The fraction of sp³-hybridized carbons (Fsp3) is 0.211. The summed E-state index contributed by atoms with van der Waals surface area (Å²) in [5.74, 6) is 0.00414. The van der Waals surface area contributed by atoms with Crippen molar-refractivity contribution in [3.63, 3.8) is 0 Å². The van der Waals surface area contributed by atoms with Gasteiger partial charge in [0.25, 0.3) is 5.91 Å². The summed E-state index contributed by atoms with van der Waals surface area (Å²) >= 11 is 8.55. The number of methoxy groups -OCH3 is 1. The molecule has 142 valence electrons. The maximum atomic E-state index is 12.5.